The predicted octanol–water partition coefficient (Wildman–Crippen LogP) is 3.60. The van der Waals surface area contributed by atoms with Gasteiger partial charge in [0.05, 0.1) is 16.3 Å². The van der Waals surface area contributed by atoms with Crippen molar-refractivity contribution in [2.45, 2.75) is 0 Å². The van der Waals surface area contributed by atoms with Crippen molar-refractivity contribution in [2.24, 2.45) is 5.10 Å². The van der Waals surface area contributed by atoms with Crippen LogP contribution in [0.25, 0.3) is 10.1 Å². The molecule has 1 heterocycles. The molecule has 0 aliphatic carbocycles. The van der Waals surface area contributed by atoms with Gasteiger partial charge in [-0.2, -0.15) is 5.10 Å². The average Bonchev–Trinajstić information content (AvgIpc) is 2.74. The summed E-state index contributed by atoms with van der Waals surface area (Å²) in [5, 5.41) is 5.53. The largest absolute Gasteiger partial charge is 0.289 e. The maximum Gasteiger partial charge on any atom is 0.289 e. The maximum atomic E-state index is 12.1. The number of hydrogen-bond acceptors (Lipinski definition) is 3. The van der Waals surface area contributed by atoms with Crippen LogP contribution in [-0.2, 0) is 0 Å². The lowest BCUT2D eigenvalue weighted by molar-refractivity contribution is 0.953. The van der Waals surface area contributed by atoms with Gasteiger partial charge in [0.2, 0.25) is 0 Å². The SMILES string of the molecule is O=c1c2ccccc2sn1/N=C/c1cccc(Cl)c1. The summed E-state index contributed by atoms with van der Waals surface area (Å²) in [6, 6.07) is 14.8. The van der Waals surface area contributed by atoms with Gasteiger partial charge in [0.25, 0.3) is 5.56 Å². The summed E-state index contributed by atoms with van der Waals surface area (Å²) in [6.45, 7) is 0. The molecule has 0 amide bonds. The van der Waals surface area contributed by atoms with Crippen molar-refractivity contribution < 1.29 is 0 Å². The van der Waals surface area contributed by atoms with Crippen molar-refractivity contribution in [3.8, 4) is 0 Å². The van der Waals surface area contributed by atoms with Crippen LogP contribution in [0, 0.1) is 0 Å². The van der Waals surface area contributed by atoms with Crippen LogP contribution in [-0.4, -0.2) is 10.3 Å². The fraction of sp³-hybridized carbons (Fsp3) is 0. The van der Waals surface area contributed by atoms with E-state index in [-0.39, 0.29) is 5.56 Å². The second-order valence-electron chi connectivity index (χ2n) is 3.97. The third-order valence-corrected chi connectivity index (χ3v) is 3.86. The molecule has 2 aromatic carbocycles. The molecule has 0 aliphatic rings. The molecule has 1 aromatic heterocycles. The minimum absolute atomic E-state index is 0.0983. The smallest absolute Gasteiger partial charge is 0.266 e. The molecule has 3 rings (SSSR count). The monoisotopic (exact) mass is 288 g/mol. The Morgan fingerprint density at radius 2 is 2.00 bits per heavy atom. The first-order valence-corrected chi connectivity index (χ1v) is 6.80. The van der Waals surface area contributed by atoms with E-state index in [1.165, 1.54) is 15.6 Å². The molecule has 19 heavy (non-hydrogen) atoms. The number of aromatic nitrogens is 1. The standard InChI is InChI=1S/C14H9ClN2OS/c15-11-5-3-4-10(8-11)9-16-17-14(18)12-6-1-2-7-13(12)19-17/h1-9H/b16-9+. The number of benzene rings is 2. The first kappa shape index (κ1) is 12.1. The van der Waals surface area contributed by atoms with Crippen LogP contribution in [0.1, 0.15) is 5.56 Å². The first-order valence-electron chi connectivity index (χ1n) is 5.65. The molecule has 0 saturated heterocycles. The minimum Gasteiger partial charge on any atom is -0.266 e. The van der Waals surface area contributed by atoms with E-state index in [0.717, 1.165) is 10.3 Å². The summed E-state index contributed by atoms with van der Waals surface area (Å²) in [7, 11) is 0. The normalized spacial score (nSPS) is 11.4. The Hall–Kier alpha value is -1.91. The Bertz CT molecular complexity index is 819. The zero-order valence-corrected chi connectivity index (χ0v) is 11.4. The van der Waals surface area contributed by atoms with E-state index in [9.17, 15) is 4.79 Å². The summed E-state index contributed by atoms with van der Waals surface area (Å²) in [6.07, 6.45) is 1.63. The Morgan fingerprint density at radius 1 is 1.16 bits per heavy atom. The van der Waals surface area contributed by atoms with Crippen LogP contribution in [0.15, 0.2) is 58.4 Å². The highest BCUT2D eigenvalue weighted by Crippen LogP contribution is 2.15. The van der Waals surface area contributed by atoms with Crippen LogP contribution in [0.2, 0.25) is 5.02 Å². The highest BCUT2D eigenvalue weighted by atomic mass is 35.5. The van der Waals surface area contributed by atoms with Gasteiger partial charge in [0.15, 0.2) is 0 Å². The highest BCUT2D eigenvalue weighted by molar-refractivity contribution is 7.13. The third-order valence-electron chi connectivity index (χ3n) is 2.64. The second kappa shape index (κ2) is 4.99. The topological polar surface area (TPSA) is 34.4 Å². The maximum absolute atomic E-state index is 12.1. The third kappa shape index (κ3) is 2.45. The van der Waals surface area contributed by atoms with Gasteiger partial charge < -0.3 is 0 Å². The zero-order chi connectivity index (χ0) is 13.2. The van der Waals surface area contributed by atoms with E-state index in [0.29, 0.717) is 10.4 Å². The van der Waals surface area contributed by atoms with E-state index < -0.39 is 0 Å². The molecule has 0 spiro atoms. The Balaban J connectivity index is 2.02. The molecule has 0 radical (unpaired) electrons. The van der Waals surface area contributed by atoms with Crippen LogP contribution in [0.5, 0.6) is 0 Å². The van der Waals surface area contributed by atoms with Gasteiger partial charge in [-0.1, -0.05) is 35.9 Å². The molecule has 0 unspecified atom stereocenters. The lowest BCUT2D eigenvalue weighted by Crippen LogP contribution is -2.08. The molecule has 5 heteroatoms. The lowest BCUT2D eigenvalue weighted by atomic mass is 10.2. The van der Waals surface area contributed by atoms with E-state index in [2.05, 4.69) is 5.10 Å². The minimum atomic E-state index is -0.0983. The molecule has 0 saturated carbocycles. The zero-order valence-electron chi connectivity index (χ0n) is 9.79. The molecule has 0 bridgehead atoms. The lowest BCUT2D eigenvalue weighted by Gasteiger charge is -1.93. The van der Waals surface area contributed by atoms with Crippen molar-refractivity contribution in [2.75, 3.05) is 0 Å². The summed E-state index contributed by atoms with van der Waals surface area (Å²) in [4.78, 5) is 12.1. The van der Waals surface area contributed by atoms with Crippen molar-refractivity contribution in [1.82, 2.24) is 4.07 Å². The van der Waals surface area contributed by atoms with E-state index >= 15 is 0 Å². The number of nitrogens with zero attached hydrogens (tertiary/aromatic N) is 2. The Kier molecular flexibility index (Phi) is 3.19. The molecule has 0 aliphatic heterocycles. The van der Waals surface area contributed by atoms with Gasteiger partial charge >= 0.3 is 0 Å². The second-order valence-corrected chi connectivity index (χ2v) is 5.37. The fourth-order valence-corrected chi connectivity index (χ4v) is 2.80. The van der Waals surface area contributed by atoms with Crippen molar-refractivity contribution in [3.05, 3.63) is 69.5 Å². The van der Waals surface area contributed by atoms with Gasteiger partial charge in [-0.15, -0.1) is 4.07 Å². The number of hydrogen-bond donors (Lipinski definition) is 0. The van der Waals surface area contributed by atoms with Crippen molar-refractivity contribution in [1.29, 1.82) is 0 Å². The van der Waals surface area contributed by atoms with Crippen LogP contribution in [0.3, 0.4) is 0 Å². The van der Waals surface area contributed by atoms with Crippen molar-refractivity contribution in [3.63, 3.8) is 0 Å². The molecular weight excluding hydrogens is 280 g/mol. The Morgan fingerprint density at radius 3 is 2.79 bits per heavy atom. The summed E-state index contributed by atoms with van der Waals surface area (Å²) in [5.41, 5.74) is 0.760. The molecule has 94 valence electrons. The van der Waals surface area contributed by atoms with Gasteiger partial charge in [0.1, 0.15) is 0 Å². The molecule has 3 aromatic rings. The molecule has 3 nitrogen and oxygen atoms in total. The van der Waals surface area contributed by atoms with Crippen molar-refractivity contribution >= 4 is 39.4 Å². The van der Waals surface area contributed by atoms with E-state index in [4.69, 9.17) is 11.6 Å². The van der Waals surface area contributed by atoms with Crippen LogP contribution < -0.4 is 5.56 Å². The molecule has 0 fully saturated rings. The fourth-order valence-electron chi connectivity index (χ4n) is 1.74. The highest BCUT2D eigenvalue weighted by Gasteiger charge is 2.04. The van der Waals surface area contributed by atoms with Crippen LogP contribution >= 0.6 is 23.1 Å². The average molecular weight is 289 g/mol. The van der Waals surface area contributed by atoms with Gasteiger partial charge in [0, 0.05) is 5.02 Å². The number of halogens is 1. The van der Waals surface area contributed by atoms with E-state index in [1.54, 1.807) is 24.4 Å². The predicted molar refractivity (Wildman–Crippen MR) is 80.5 cm³/mol. The number of rotatable bonds is 2. The molecular formula is C14H9ClN2OS. The number of fused-ring (bicyclic) bond motifs is 1. The quantitative estimate of drug-likeness (QED) is 0.664. The van der Waals surface area contributed by atoms with E-state index in [1.807, 2.05) is 30.3 Å². The van der Waals surface area contributed by atoms with Gasteiger partial charge in [-0.25, -0.2) is 0 Å². The summed E-state index contributed by atoms with van der Waals surface area (Å²) < 4.78 is 2.31. The summed E-state index contributed by atoms with van der Waals surface area (Å²) in [5.74, 6) is 0. The van der Waals surface area contributed by atoms with Gasteiger partial charge in [-0.3, -0.25) is 4.79 Å². The van der Waals surface area contributed by atoms with Gasteiger partial charge in [-0.05, 0) is 41.4 Å². The molecule has 0 N–H and O–H groups in total. The Labute approximate surface area is 118 Å². The summed E-state index contributed by atoms with van der Waals surface area (Å²) >= 11 is 7.22. The molecule has 0 atom stereocenters. The van der Waals surface area contributed by atoms with Crippen LogP contribution in [0.4, 0.5) is 0 Å². The first-order chi connectivity index (χ1) is 9.24.